The Labute approximate surface area is 94.5 Å². The molecule has 0 aliphatic carbocycles. The molecule has 2 aromatic heterocycles. The van der Waals surface area contributed by atoms with Gasteiger partial charge in [0.15, 0.2) is 0 Å². The Kier molecular flexibility index (Phi) is 3.03. The van der Waals surface area contributed by atoms with Crippen LogP contribution in [0.1, 0.15) is 28.8 Å². The number of furan rings is 1. The monoisotopic (exact) mass is 217 g/mol. The number of nitrogens with one attached hydrogen (secondary N) is 1. The van der Waals surface area contributed by atoms with Crippen LogP contribution in [0, 0.1) is 13.8 Å². The van der Waals surface area contributed by atoms with E-state index in [0.29, 0.717) is 0 Å². The van der Waals surface area contributed by atoms with Gasteiger partial charge in [-0.1, -0.05) is 6.07 Å². The maximum atomic E-state index is 5.57. The first kappa shape index (κ1) is 10.9. The van der Waals surface area contributed by atoms with Crippen molar-refractivity contribution in [2.75, 3.05) is 0 Å². The maximum Gasteiger partial charge on any atom is 0.126 e. The van der Waals surface area contributed by atoms with Crippen molar-refractivity contribution in [2.24, 2.45) is 5.84 Å². The molecule has 0 aromatic carbocycles. The Morgan fingerprint density at radius 1 is 1.31 bits per heavy atom. The van der Waals surface area contributed by atoms with Crippen LogP contribution in [0.25, 0.3) is 0 Å². The minimum Gasteiger partial charge on any atom is -0.467 e. The lowest BCUT2D eigenvalue weighted by Crippen LogP contribution is -2.29. The predicted octanol–water partition coefficient (Wildman–Crippen LogP) is 1.84. The van der Waals surface area contributed by atoms with Gasteiger partial charge in [0.25, 0.3) is 0 Å². The van der Waals surface area contributed by atoms with Crippen molar-refractivity contribution < 1.29 is 4.42 Å². The standard InChI is InChI=1S/C12H15N3O/c1-8-5-6-10(9(2)14-8)12(15-13)11-4-3-7-16-11/h3-7,12,15H,13H2,1-2H3. The van der Waals surface area contributed by atoms with E-state index in [1.165, 1.54) is 0 Å². The first-order valence-corrected chi connectivity index (χ1v) is 5.16. The van der Waals surface area contributed by atoms with Gasteiger partial charge >= 0.3 is 0 Å². The van der Waals surface area contributed by atoms with Crippen LogP contribution in [-0.2, 0) is 0 Å². The first-order valence-electron chi connectivity index (χ1n) is 5.16. The molecule has 1 atom stereocenters. The zero-order valence-corrected chi connectivity index (χ0v) is 9.40. The molecular weight excluding hydrogens is 202 g/mol. The van der Waals surface area contributed by atoms with E-state index in [0.717, 1.165) is 22.7 Å². The highest BCUT2D eigenvalue weighted by atomic mass is 16.3. The Balaban J connectivity index is 2.41. The molecule has 0 aliphatic rings. The molecule has 1 unspecified atom stereocenters. The molecule has 2 heterocycles. The minimum atomic E-state index is -0.150. The lowest BCUT2D eigenvalue weighted by molar-refractivity contribution is 0.450. The smallest absolute Gasteiger partial charge is 0.126 e. The third kappa shape index (κ3) is 1.98. The number of pyridine rings is 1. The summed E-state index contributed by atoms with van der Waals surface area (Å²) in [6, 6.07) is 7.57. The SMILES string of the molecule is Cc1ccc(C(NN)c2ccco2)c(C)n1. The molecule has 84 valence electrons. The second-order valence-electron chi connectivity index (χ2n) is 3.74. The van der Waals surface area contributed by atoms with Crippen molar-refractivity contribution in [3.8, 4) is 0 Å². The fraction of sp³-hybridized carbons (Fsp3) is 0.250. The third-order valence-electron chi connectivity index (χ3n) is 2.57. The van der Waals surface area contributed by atoms with Gasteiger partial charge in [0, 0.05) is 11.4 Å². The van der Waals surface area contributed by atoms with E-state index in [1.54, 1.807) is 6.26 Å². The number of rotatable bonds is 3. The van der Waals surface area contributed by atoms with Gasteiger partial charge in [0.2, 0.25) is 0 Å². The number of nitrogens with two attached hydrogens (primary N) is 1. The highest BCUT2D eigenvalue weighted by Crippen LogP contribution is 2.23. The minimum absolute atomic E-state index is 0.150. The zero-order valence-electron chi connectivity index (χ0n) is 9.40. The summed E-state index contributed by atoms with van der Waals surface area (Å²) in [5.74, 6) is 6.35. The van der Waals surface area contributed by atoms with Gasteiger partial charge in [-0.25, -0.2) is 5.43 Å². The number of aryl methyl sites for hydroxylation is 2. The van der Waals surface area contributed by atoms with Crippen molar-refractivity contribution in [2.45, 2.75) is 19.9 Å². The Morgan fingerprint density at radius 3 is 2.69 bits per heavy atom. The first-order chi connectivity index (χ1) is 7.72. The van der Waals surface area contributed by atoms with E-state index in [-0.39, 0.29) is 6.04 Å². The molecule has 0 saturated carbocycles. The van der Waals surface area contributed by atoms with Gasteiger partial charge in [-0.05, 0) is 37.6 Å². The van der Waals surface area contributed by atoms with Crippen molar-refractivity contribution in [3.63, 3.8) is 0 Å². The number of nitrogens with zero attached hydrogens (tertiary/aromatic N) is 1. The predicted molar refractivity (Wildman–Crippen MR) is 61.6 cm³/mol. The molecule has 2 aromatic rings. The zero-order chi connectivity index (χ0) is 11.5. The molecule has 0 bridgehead atoms. The summed E-state index contributed by atoms with van der Waals surface area (Å²) in [5, 5.41) is 0. The van der Waals surface area contributed by atoms with Crippen LogP contribution in [0.5, 0.6) is 0 Å². The van der Waals surface area contributed by atoms with Gasteiger partial charge in [-0.15, -0.1) is 0 Å². The van der Waals surface area contributed by atoms with Crippen molar-refractivity contribution >= 4 is 0 Å². The van der Waals surface area contributed by atoms with Gasteiger partial charge in [-0.2, -0.15) is 0 Å². The summed E-state index contributed by atoms with van der Waals surface area (Å²) in [6.07, 6.45) is 1.64. The summed E-state index contributed by atoms with van der Waals surface area (Å²) < 4.78 is 5.36. The summed E-state index contributed by atoms with van der Waals surface area (Å²) in [4.78, 5) is 4.42. The molecule has 2 rings (SSSR count). The second-order valence-corrected chi connectivity index (χ2v) is 3.74. The Bertz CT molecular complexity index is 465. The Hall–Kier alpha value is -1.65. The van der Waals surface area contributed by atoms with Crippen LogP contribution < -0.4 is 11.3 Å². The molecule has 4 heteroatoms. The molecule has 0 aliphatic heterocycles. The van der Waals surface area contributed by atoms with Crippen LogP contribution in [0.2, 0.25) is 0 Å². The summed E-state index contributed by atoms with van der Waals surface area (Å²) >= 11 is 0. The summed E-state index contributed by atoms with van der Waals surface area (Å²) in [6.45, 7) is 3.93. The summed E-state index contributed by atoms with van der Waals surface area (Å²) in [5.41, 5.74) is 5.73. The summed E-state index contributed by atoms with van der Waals surface area (Å²) in [7, 11) is 0. The van der Waals surface area contributed by atoms with Crippen LogP contribution in [0.4, 0.5) is 0 Å². The molecular formula is C12H15N3O. The molecule has 16 heavy (non-hydrogen) atoms. The van der Waals surface area contributed by atoms with E-state index in [9.17, 15) is 0 Å². The third-order valence-corrected chi connectivity index (χ3v) is 2.57. The van der Waals surface area contributed by atoms with E-state index in [2.05, 4.69) is 10.4 Å². The number of aromatic nitrogens is 1. The number of hydrogen-bond donors (Lipinski definition) is 2. The molecule has 0 radical (unpaired) electrons. The molecule has 4 nitrogen and oxygen atoms in total. The lowest BCUT2D eigenvalue weighted by Gasteiger charge is -2.15. The Morgan fingerprint density at radius 2 is 2.12 bits per heavy atom. The fourth-order valence-electron chi connectivity index (χ4n) is 1.78. The highest BCUT2D eigenvalue weighted by molar-refractivity contribution is 5.30. The van der Waals surface area contributed by atoms with Crippen LogP contribution in [0.3, 0.4) is 0 Å². The van der Waals surface area contributed by atoms with Crippen LogP contribution in [0.15, 0.2) is 34.9 Å². The van der Waals surface area contributed by atoms with Gasteiger partial charge in [-0.3, -0.25) is 10.8 Å². The van der Waals surface area contributed by atoms with Gasteiger partial charge in [0.1, 0.15) is 11.8 Å². The topological polar surface area (TPSA) is 64.1 Å². The molecule has 3 N–H and O–H groups in total. The van der Waals surface area contributed by atoms with Crippen molar-refractivity contribution in [3.05, 3.63) is 53.2 Å². The lowest BCUT2D eigenvalue weighted by atomic mass is 10.0. The maximum absolute atomic E-state index is 5.57. The molecule has 0 saturated heterocycles. The van der Waals surface area contributed by atoms with Gasteiger partial charge in [0.05, 0.1) is 6.26 Å². The number of hydrazine groups is 1. The largest absolute Gasteiger partial charge is 0.467 e. The van der Waals surface area contributed by atoms with Gasteiger partial charge < -0.3 is 4.42 Å². The highest BCUT2D eigenvalue weighted by Gasteiger charge is 2.17. The molecule has 0 spiro atoms. The van der Waals surface area contributed by atoms with Crippen LogP contribution in [-0.4, -0.2) is 4.98 Å². The molecule has 0 fully saturated rings. The number of hydrogen-bond acceptors (Lipinski definition) is 4. The van der Waals surface area contributed by atoms with Crippen molar-refractivity contribution in [1.82, 2.24) is 10.4 Å². The normalized spacial score (nSPS) is 12.7. The van der Waals surface area contributed by atoms with E-state index in [4.69, 9.17) is 10.3 Å². The van der Waals surface area contributed by atoms with E-state index in [1.807, 2.05) is 38.1 Å². The van der Waals surface area contributed by atoms with E-state index < -0.39 is 0 Å². The van der Waals surface area contributed by atoms with E-state index >= 15 is 0 Å². The average molecular weight is 217 g/mol. The van der Waals surface area contributed by atoms with Crippen LogP contribution >= 0.6 is 0 Å². The second kappa shape index (κ2) is 4.47. The van der Waals surface area contributed by atoms with Crippen molar-refractivity contribution in [1.29, 1.82) is 0 Å². The quantitative estimate of drug-likeness (QED) is 0.608. The fourth-order valence-corrected chi connectivity index (χ4v) is 1.78. The molecule has 0 amide bonds. The average Bonchev–Trinajstić information content (AvgIpc) is 2.75.